The topological polar surface area (TPSA) is 126 Å². The molecule has 11 heteroatoms. The Hall–Kier alpha value is -3.99. The molecule has 0 aliphatic rings. The van der Waals surface area contributed by atoms with Crippen molar-refractivity contribution in [2.45, 2.75) is 4.90 Å². The molecule has 0 saturated carbocycles. The van der Waals surface area contributed by atoms with E-state index in [2.05, 4.69) is 15.6 Å². The Morgan fingerprint density at radius 2 is 1.71 bits per heavy atom. The van der Waals surface area contributed by atoms with Crippen molar-refractivity contribution < 1.29 is 27.1 Å². The van der Waals surface area contributed by atoms with Crippen molar-refractivity contribution in [3.05, 3.63) is 78.4 Å². The lowest BCUT2D eigenvalue weighted by atomic mass is 10.3. The molecule has 3 N–H and O–H groups in total. The van der Waals surface area contributed by atoms with Gasteiger partial charge in [-0.2, -0.15) is 0 Å². The fraction of sp³-hybridized carbons (Fsp3) is 0.0500. The lowest BCUT2D eigenvalue weighted by molar-refractivity contribution is 0.0957. The largest absolute Gasteiger partial charge is 0.457 e. The first-order valence-corrected chi connectivity index (χ1v) is 10.3. The monoisotopic (exact) mass is 444 g/mol. The van der Waals surface area contributed by atoms with Gasteiger partial charge in [0.15, 0.2) is 0 Å². The van der Waals surface area contributed by atoms with Gasteiger partial charge in [-0.15, -0.1) is 0 Å². The second kappa shape index (κ2) is 9.22. The molecule has 0 saturated heterocycles. The summed E-state index contributed by atoms with van der Waals surface area (Å²) in [5.41, 5.74) is -0.135. The second-order valence-electron chi connectivity index (χ2n) is 6.07. The van der Waals surface area contributed by atoms with Gasteiger partial charge >= 0.3 is 6.03 Å². The Balaban J connectivity index is 1.68. The third-order valence-corrected chi connectivity index (χ3v) is 5.24. The number of halogens is 1. The number of nitrogens with one attached hydrogen (secondary N) is 3. The molecule has 160 valence electrons. The highest BCUT2D eigenvalue weighted by atomic mass is 32.2. The summed E-state index contributed by atoms with van der Waals surface area (Å²) in [7, 11) is -2.64. The van der Waals surface area contributed by atoms with Gasteiger partial charge in [0, 0.05) is 25.4 Å². The van der Waals surface area contributed by atoms with E-state index in [1.807, 2.05) is 0 Å². The number of sulfonamides is 1. The molecule has 1 heterocycles. The van der Waals surface area contributed by atoms with Crippen molar-refractivity contribution in [1.29, 1.82) is 0 Å². The highest BCUT2D eigenvalue weighted by molar-refractivity contribution is 7.90. The van der Waals surface area contributed by atoms with E-state index in [0.29, 0.717) is 0 Å². The maximum atomic E-state index is 14.4. The first-order chi connectivity index (χ1) is 14.8. The zero-order valence-corrected chi connectivity index (χ0v) is 16.9. The van der Waals surface area contributed by atoms with Crippen LogP contribution < -0.4 is 20.1 Å². The van der Waals surface area contributed by atoms with Crippen molar-refractivity contribution in [3.8, 4) is 11.5 Å². The van der Waals surface area contributed by atoms with Crippen LogP contribution in [0.5, 0.6) is 11.5 Å². The molecular weight excluding hydrogens is 427 g/mol. The molecule has 0 fully saturated rings. The normalized spacial score (nSPS) is 10.8. The van der Waals surface area contributed by atoms with E-state index >= 15 is 0 Å². The van der Waals surface area contributed by atoms with Crippen molar-refractivity contribution in [1.82, 2.24) is 15.0 Å². The minimum atomic E-state index is -4.10. The molecule has 0 unspecified atom stereocenters. The van der Waals surface area contributed by atoms with Gasteiger partial charge in [0.1, 0.15) is 23.0 Å². The number of hydrogen-bond donors (Lipinski definition) is 3. The second-order valence-corrected chi connectivity index (χ2v) is 7.75. The number of carbonyl (C=O) groups is 2. The number of pyridine rings is 1. The molecule has 0 spiro atoms. The maximum absolute atomic E-state index is 14.4. The van der Waals surface area contributed by atoms with Crippen molar-refractivity contribution in [3.63, 3.8) is 0 Å². The summed E-state index contributed by atoms with van der Waals surface area (Å²) in [4.78, 5) is 27.4. The SMILES string of the molecule is CNC(=O)c1cc(Oc2ccc(NC(=O)NS(=O)(=O)c3ccccc3)c(F)c2)ccn1. The lowest BCUT2D eigenvalue weighted by Crippen LogP contribution is -2.34. The fourth-order valence-corrected chi connectivity index (χ4v) is 3.38. The standard InChI is InChI=1S/C20H17FN4O5S/c1-22-19(26)18-12-14(9-10-23-18)30-13-7-8-17(16(21)11-13)24-20(27)25-31(28,29)15-5-3-2-4-6-15/h2-12H,1H3,(H,22,26)(H2,24,25,27). The molecule has 0 radical (unpaired) electrons. The maximum Gasteiger partial charge on any atom is 0.333 e. The lowest BCUT2D eigenvalue weighted by Gasteiger charge is -2.11. The van der Waals surface area contributed by atoms with Crippen LogP contribution in [0.15, 0.2) is 71.8 Å². The molecule has 0 atom stereocenters. The average Bonchev–Trinajstić information content (AvgIpc) is 2.75. The summed E-state index contributed by atoms with van der Waals surface area (Å²) in [5.74, 6) is -0.923. The summed E-state index contributed by atoms with van der Waals surface area (Å²) >= 11 is 0. The van der Waals surface area contributed by atoms with Gasteiger partial charge in [-0.3, -0.25) is 9.78 Å². The highest BCUT2D eigenvalue weighted by Gasteiger charge is 2.18. The van der Waals surface area contributed by atoms with Gasteiger partial charge < -0.3 is 15.4 Å². The van der Waals surface area contributed by atoms with E-state index < -0.39 is 27.8 Å². The average molecular weight is 444 g/mol. The third kappa shape index (κ3) is 5.54. The number of amides is 3. The van der Waals surface area contributed by atoms with Gasteiger partial charge in [-0.05, 0) is 30.3 Å². The summed E-state index contributed by atoms with van der Waals surface area (Å²) in [5, 5.41) is 4.56. The van der Waals surface area contributed by atoms with Crippen LogP contribution in [-0.2, 0) is 10.0 Å². The third-order valence-electron chi connectivity index (χ3n) is 3.90. The predicted molar refractivity (Wildman–Crippen MR) is 110 cm³/mol. The van der Waals surface area contributed by atoms with E-state index in [0.717, 1.165) is 6.07 Å². The minimum Gasteiger partial charge on any atom is -0.457 e. The number of aromatic nitrogens is 1. The first-order valence-electron chi connectivity index (χ1n) is 8.83. The quantitative estimate of drug-likeness (QED) is 0.537. The van der Waals surface area contributed by atoms with Crippen LogP contribution in [0.25, 0.3) is 0 Å². The molecule has 0 bridgehead atoms. The molecule has 31 heavy (non-hydrogen) atoms. The Kier molecular flexibility index (Phi) is 6.46. The number of urea groups is 1. The van der Waals surface area contributed by atoms with Crippen LogP contribution >= 0.6 is 0 Å². The minimum absolute atomic E-state index is 0.0921. The Morgan fingerprint density at radius 1 is 1.00 bits per heavy atom. The van der Waals surface area contributed by atoms with E-state index in [1.54, 1.807) is 10.8 Å². The number of ether oxygens (including phenoxy) is 1. The van der Waals surface area contributed by atoms with Crippen LogP contribution in [0.2, 0.25) is 0 Å². The van der Waals surface area contributed by atoms with Gasteiger partial charge in [0.25, 0.3) is 15.9 Å². The molecule has 0 aliphatic carbocycles. The van der Waals surface area contributed by atoms with Gasteiger partial charge in [-0.1, -0.05) is 18.2 Å². The summed E-state index contributed by atoms with van der Waals surface area (Å²) < 4.78 is 46.0. The molecule has 3 amide bonds. The predicted octanol–water partition coefficient (Wildman–Crippen LogP) is 2.88. The summed E-state index contributed by atoms with van der Waals surface area (Å²) in [6.07, 6.45) is 1.36. The van der Waals surface area contributed by atoms with Gasteiger partial charge in [-0.25, -0.2) is 22.3 Å². The Bertz CT molecular complexity index is 1220. The van der Waals surface area contributed by atoms with E-state index in [-0.39, 0.29) is 27.8 Å². The van der Waals surface area contributed by atoms with Gasteiger partial charge in [0.2, 0.25) is 0 Å². The molecule has 1 aromatic heterocycles. The zero-order chi connectivity index (χ0) is 22.4. The molecule has 9 nitrogen and oxygen atoms in total. The molecule has 3 rings (SSSR count). The van der Waals surface area contributed by atoms with E-state index in [9.17, 15) is 22.4 Å². The van der Waals surface area contributed by atoms with E-state index in [4.69, 9.17) is 4.74 Å². The van der Waals surface area contributed by atoms with Crippen molar-refractivity contribution in [2.75, 3.05) is 12.4 Å². The molecule has 3 aromatic rings. The van der Waals surface area contributed by atoms with Crippen molar-refractivity contribution >= 4 is 27.6 Å². The Labute approximate surface area is 177 Å². The highest BCUT2D eigenvalue weighted by Crippen LogP contribution is 2.26. The van der Waals surface area contributed by atoms with Crippen LogP contribution in [0, 0.1) is 5.82 Å². The number of rotatable bonds is 6. The van der Waals surface area contributed by atoms with Crippen LogP contribution in [0.3, 0.4) is 0 Å². The molecule has 0 aliphatic heterocycles. The Morgan fingerprint density at radius 3 is 2.39 bits per heavy atom. The van der Waals surface area contributed by atoms with E-state index in [1.165, 1.54) is 61.8 Å². The van der Waals surface area contributed by atoms with Crippen LogP contribution in [-0.4, -0.2) is 32.4 Å². The zero-order valence-electron chi connectivity index (χ0n) is 16.1. The number of hydrogen-bond acceptors (Lipinski definition) is 6. The smallest absolute Gasteiger partial charge is 0.333 e. The fourth-order valence-electron chi connectivity index (χ4n) is 2.45. The number of benzene rings is 2. The van der Waals surface area contributed by atoms with Crippen molar-refractivity contribution in [2.24, 2.45) is 0 Å². The first kappa shape index (κ1) is 21.7. The molecule has 2 aromatic carbocycles. The van der Waals surface area contributed by atoms with Gasteiger partial charge in [0.05, 0.1) is 10.6 Å². The van der Waals surface area contributed by atoms with Crippen LogP contribution in [0.1, 0.15) is 10.5 Å². The molecular formula is C20H17FN4O5S. The number of anilines is 1. The number of nitrogens with zero attached hydrogens (tertiary/aromatic N) is 1. The summed E-state index contributed by atoms with van der Waals surface area (Å²) in [6.45, 7) is 0. The number of carbonyl (C=O) groups excluding carboxylic acids is 2. The summed E-state index contributed by atoms with van der Waals surface area (Å²) in [6, 6.07) is 12.6. The van der Waals surface area contributed by atoms with Crippen LogP contribution in [0.4, 0.5) is 14.9 Å².